The van der Waals surface area contributed by atoms with Crippen LogP contribution in [-0.2, 0) is 6.42 Å². The SMILES string of the molecule is C#Cc1ccncc1.C=CC(C=C)=Cc1ncsc1N(C)c1ccccc1CCC.CNc1ccc(C)c(F)c1. The van der Waals surface area contributed by atoms with Crippen molar-refractivity contribution in [1.29, 1.82) is 0 Å². The molecule has 0 atom stereocenters. The van der Waals surface area contributed by atoms with Crippen LogP contribution in [0.25, 0.3) is 6.08 Å². The van der Waals surface area contributed by atoms with Gasteiger partial charge in [0.15, 0.2) is 0 Å². The molecule has 40 heavy (non-hydrogen) atoms. The molecule has 4 rings (SSSR count). The van der Waals surface area contributed by atoms with Gasteiger partial charge in [0.25, 0.3) is 0 Å². The number of terminal acetylenes is 1. The van der Waals surface area contributed by atoms with E-state index in [0.717, 1.165) is 40.4 Å². The zero-order chi connectivity index (χ0) is 29.3. The number of rotatable bonds is 8. The molecule has 0 bridgehead atoms. The molecule has 206 valence electrons. The Morgan fingerprint density at radius 2 is 1.82 bits per heavy atom. The second-order valence-electron chi connectivity index (χ2n) is 8.63. The number of anilines is 3. The number of pyridine rings is 1. The molecule has 0 spiro atoms. The molecule has 0 unspecified atom stereocenters. The zero-order valence-corrected chi connectivity index (χ0v) is 24.5. The van der Waals surface area contributed by atoms with Gasteiger partial charge in [-0.05, 0) is 66.5 Å². The van der Waals surface area contributed by atoms with Crippen molar-refractivity contribution in [2.24, 2.45) is 0 Å². The Morgan fingerprint density at radius 1 is 1.12 bits per heavy atom. The van der Waals surface area contributed by atoms with E-state index in [4.69, 9.17) is 6.42 Å². The molecule has 0 saturated carbocycles. The topological polar surface area (TPSA) is 41.1 Å². The van der Waals surface area contributed by atoms with Gasteiger partial charge in [-0.2, -0.15) is 0 Å². The Balaban J connectivity index is 0.000000254. The molecule has 0 aliphatic carbocycles. The van der Waals surface area contributed by atoms with Crippen molar-refractivity contribution in [2.45, 2.75) is 26.7 Å². The molecule has 4 nitrogen and oxygen atoms in total. The lowest BCUT2D eigenvalue weighted by atomic mass is 10.1. The van der Waals surface area contributed by atoms with Crippen LogP contribution in [0.4, 0.5) is 20.8 Å². The van der Waals surface area contributed by atoms with Crippen molar-refractivity contribution in [3.05, 3.63) is 132 Å². The van der Waals surface area contributed by atoms with Gasteiger partial charge in [-0.15, -0.1) is 17.8 Å². The van der Waals surface area contributed by atoms with Crippen LogP contribution in [0.5, 0.6) is 0 Å². The van der Waals surface area contributed by atoms with E-state index in [-0.39, 0.29) is 5.82 Å². The maximum absolute atomic E-state index is 12.7. The minimum absolute atomic E-state index is 0.160. The van der Waals surface area contributed by atoms with E-state index in [2.05, 4.69) is 77.5 Å². The van der Waals surface area contributed by atoms with Crippen molar-refractivity contribution in [3.63, 3.8) is 0 Å². The van der Waals surface area contributed by atoms with Crippen LogP contribution in [0.2, 0.25) is 0 Å². The van der Waals surface area contributed by atoms with Crippen molar-refractivity contribution in [3.8, 4) is 12.3 Å². The lowest BCUT2D eigenvalue weighted by molar-refractivity contribution is 0.619. The van der Waals surface area contributed by atoms with Crippen LogP contribution in [-0.4, -0.2) is 24.1 Å². The van der Waals surface area contributed by atoms with Gasteiger partial charge in [-0.3, -0.25) is 4.98 Å². The van der Waals surface area contributed by atoms with E-state index in [9.17, 15) is 4.39 Å². The molecular formula is C34H37FN4S. The molecule has 0 aliphatic rings. The highest BCUT2D eigenvalue weighted by atomic mass is 32.1. The number of para-hydroxylation sites is 1. The number of aromatic nitrogens is 2. The second kappa shape index (κ2) is 17.2. The zero-order valence-electron chi connectivity index (χ0n) is 23.7. The average Bonchev–Trinajstić information content (AvgIpc) is 3.46. The summed E-state index contributed by atoms with van der Waals surface area (Å²) in [5.74, 6) is 2.33. The number of allylic oxidation sites excluding steroid dienone is 3. The Morgan fingerprint density at radius 3 is 2.40 bits per heavy atom. The first-order chi connectivity index (χ1) is 19.4. The van der Waals surface area contributed by atoms with Crippen molar-refractivity contribution in [2.75, 3.05) is 24.3 Å². The summed E-state index contributed by atoms with van der Waals surface area (Å²) in [6.07, 6.45) is 16.2. The Hall–Kier alpha value is -4.47. The van der Waals surface area contributed by atoms with Crippen molar-refractivity contribution >= 4 is 33.8 Å². The number of halogens is 1. The number of benzene rings is 2. The van der Waals surface area contributed by atoms with Gasteiger partial charge in [0.05, 0.1) is 11.2 Å². The van der Waals surface area contributed by atoms with Crippen molar-refractivity contribution < 1.29 is 4.39 Å². The predicted molar refractivity (Wildman–Crippen MR) is 172 cm³/mol. The highest BCUT2D eigenvalue weighted by molar-refractivity contribution is 7.14. The van der Waals surface area contributed by atoms with Crippen LogP contribution in [0.3, 0.4) is 0 Å². The summed E-state index contributed by atoms with van der Waals surface area (Å²) in [7, 11) is 3.87. The van der Waals surface area contributed by atoms with Gasteiger partial charge in [-0.1, -0.05) is 68.8 Å². The third-order valence-electron chi connectivity index (χ3n) is 5.83. The summed E-state index contributed by atoms with van der Waals surface area (Å²) in [4.78, 5) is 10.5. The first-order valence-electron chi connectivity index (χ1n) is 12.9. The van der Waals surface area contributed by atoms with Gasteiger partial charge in [0, 0.05) is 43.4 Å². The number of nitrogens with one attached hydrogen (secondary N) is 1. The lowest BCUT2D eigenvalue weighted by Gasteiger charge is -2.21. The first-order valence-corrected chi connectivity index (χ1v) is 13.8. The fraction of sp³-hybridized carbons (Fsp3) is 0.176. The highest BCUT2D eigenvalue weighted by Gasteiger charge is 2.14. The van der Waals surface area contributed by atoms with Crippen LogP contribution >= 0.6 is 11.3 Å². The van der Waals surface area contributed by atoms with E-state index in [1.165, 1.54) is 17.3 Å². The Bertz CT molecular complexity index is 1420. The fourth-order valence-electron chi connectivity index (χ4n) is 3.58. The molecule has 4 aromatic rings. The molecular weight excluding hydrogens is 515 g/mol. The molecule has 2 aromatic heterocycles. The molecule has 0 radical (unpaired) electrons. The van der Waals surface area contributed by atoms with E-state index < -0.39 is 0 Å². The van der Waals surface area contributed by atoms with E-state index in [1.807, 2.05) is 17.7 Å². The smallest absolute Gasteiger partial charge is 0.128 e. The summed E-state index contributed by atoms with van der Waals surface area (Å²) in [5.41, 5.74) is 8.77. The molecule has 0 aliphatic heterocycles. The van der Waals surface area contributed by atoms with Gasteiger partial charge >= 0.3 is 0 Å². The number of thiazole rings is 1. The summed E-state index contributed by atoms with van der Waals surface area (Å²) >= 11 is 1.64. The summed E-state index contributed by atoms with van der Waals surface area (Å²) in [5, 5.41) is 3.98. The highest BCUT2D eigenvalue weighted by Crippen LogP contribution is 2.34. The molecule has 2 heterocycles. The number of hydrogen-bond donors (Lipinski definition) is 1. The van der Waals surface area contributed by atoms with Crippen LogP contribution in [0.1, 0.15) is 35.7 Å². The quantitative estimate of drug-likeness (QED) is 0.175. The minimum atomic E-state index is -0.160. The third-order valence-corrected chi connectivity index (χ3v) is 6.75. The summed E-state index contributed by atoms with van der Waals surface area (Å²) < 4.78 is 12.7. The van der Waals surface area contributed by atoms with E-state index in [1.54, 1.807) is 68.1 Å². The minimum Gasteiger partial charge on any atom is -0.388 e. The van der Waals surface area contributed by atoms with Gasteiger partial charge in [0.2, 0.25) is 0 Å². The van der Waals surface area contributed by atoms with Gasteiger partial charge in [0.1, 0.15) is 10.8 Å². The van der Waals surface area contributed by atoms with E-state index in [0.29, 0.717) is 5.56 Å². The molecule has 0 fully saturated rings. The van der Waals surface area contributed by atoms with Gasteiger partial charge in [-0.25, -0.2) is 9.37 Å². The van der Waals surface area contributed by atoms with Crippen LogP contribution < -0.4 is 10.2 Å². The standard InChI is InChI=1S/C19H22N2S.C8H10FN.C7H5N/c1-5-10-16-11-8-9-12-18(16)21(4)19-17(20-14-22-19)13-15(6-2)7-3;1-6-3-4-7(10-2)5-8(6)9;1-2-7-3-5-8-6-4-7/h6-9,11-14H,2-3,5,10H2,1,4H3;3-5,10H,1-2H3;1,3-6H. The molecule has 6 heteroatoms. The second-order valence-corrected chi connectivity index (χ2v) is 9.46. The summed E-state index contributed by atoms with van der Waals surface area (Å²) in [6, 6.07) is 17.2. The molecule has 2 aromatic carbocycles. The Labute approximate surface area is 242 Å². The van der Waals surface area contributed by atoms with Crippen LogP contribution in [0, 0.1) is 25.1 Å². The average molecular weight is 553 g/mol. The molecule has 1 N–H and O–H groups in total. The van der Waals surface area contributed by atoms with E-state index >= 15 is 0 Å². The summed E-state index contributed by atoms with van der Waals surface area (Å²) in [6.45, 7) is 11.6. The first kappa shape index (κ1) is 31.7. The van der Waals surface area contributed by atoms with Gasteiger partial charge < -0.3 is 10.2 Å². The maximum atomic E-state index is 12.7. The molecule has 0 amide bonds. The lowest BCUT2D eigenvalue weighted by Crippen LogP contribution is -2.11. The normalized spacial score (nSPS) is 9.50. The number of hydrogen-bond acceptors (Lipinski definition) is 5. The van der Waals surface area contributed by atoms with Crippen molar-refractivity contribution in [1.82, 2.24) is 9.97 Å². The fourth-order valence-corrected chi connectivity index (χ4v) is 4.34. The van der Waals surface area contributed by atoms with Crippen LogP contribution in [0.15, 0.2) is 103 Å². The maximum Gasteiger partial charge on any atom is 0.128 e. The largest absolute Gasteiger partial charge is 0.388 e. The number of nitrogens with zero attached hydrogens (tertiary/aromatic N) is 3. The monoisotopic (exact) mass is 552 g/mol. The molecule has 0 saturated heterocycles. The number of aryl methyl sites for hydroxylation is 2. The third kappa shape index (κ3) is 9.68. The Kier molecular flexibility index (Phi) is 13.6. The predicted octanol–water partition coefficient (Wildman–Crippen LogP) is 8.86.